The van der Waals surface area contributed by atoms with Gasteiger partial charge >= 0.3 is 0 Å². The number of hydrogen-bond donors (Lipinski definition) is 2. The molecule has 2 N–H and O–H groups in total. The van der Waals surface area contributed by atoms with Gasteiger partial charge in [0.05, 0.1) is 6.10 Å². The van der Waals surface area contributed by atoms with Gasteiger partial charge in [0.1, 0.15) is 12.4 Å². The van der Waals surface area contributed by atoms with Gasteiger partial charge in [0.2, 0.25) is 0 Å². The smallest absolute Gasteiger partial charge is 0.255 e. The van der Waals surface area contributed by atoms with Crippen molar-refractivity contribution >= 4 is 17.5 Å². The first kappa shape index (κ1) is 21.6. The minimum Gasteiger partial charge on any atom is -0.491 e. The first-order valence-corrected chi connectivity index (χ1v) is 10.8. The largest absolute Gasteiger partial charge is 0.491 e. The van der Waals surface area contributed by atoms with Crippen LogP contribution in [0.25, 0.3) is 0 Å². The summed E-state index contributed by atoms with van der Waals surface area (Å²) in [4.78, 5) is 25.1. The second-order valence-electron chi connectivity index (χ2n) is 7.67. The lowest BCUT2D eigenvalue weighted by Crippen LogP contribution is -2.23. The Morgan fingerprint density at radius 1 is 0.906 bits per heavy atom. The fraction of sp³-hybridized carbons (Fsp3) is 0.231. The second-order valence-corrected chi connectivity index (χ2v) is 7.67. The monoisotopic (exact) mass is 430 g/mol. The predicted molar refractivity (Wildman–Crippen MR) is 123 cm³/mol. The number of hydrogen-bond acceptors (Lipinski definition) is 4. The molecule has 2 amide bonds. The van der Waals surface area contributed by atoms with Crippen LogP contribution in [0.15, 0.2) is 78.9 Å². The van der Waals surface area contributed by atoms with Crippen LogP contribution in [0.4, 0.5) is 5.69 Å². The maximum Gasteiger partial charge on any atom is 0.255 e. The number of benzene rings is 3. The van der Waals surface area contributed by atoms with E-state index in [1.54, 1.807) is 48.5 Å². The Hall–Kier alpha value is -3.64. The zero-order valence-corrected chi connectivity index (χ0v) is 17.8. The number of carbonyl (C=O) groups excluding carboxylic acids is 2. The van der Waals surface area contributed by atoms with E-state index in [0.29, 0.717) is 35.7 Å². The second kappa shape index (κ2) is 10.6. The minimum absolute atomic E-state index is 0.148. The van der Waals surface area contributed by atoms with Gasteiger partial charge in [0, 0.05) is 30.0 Å². The van der Waals surface area contributed by atoms with Crippen LogP contribution in [0.5, 0.6) is 5.75 Å². The topological polar surface area (TPSA) is 76.7 Å². The summed E-state index contributed by atoms with van der Waals surface area (Å²) in [6, 6.07) is 23.6. The molecule has 0 saturated carbocycles. The Labute approximate surface area is 187 Å². The van der Waals surface area contributed by atoms with Crippen molar-refractivity contribution in [3.63, 3.8) is 0 Å². The van der Waals surface area contributed by atoms with Crippen molar-refractivity contribution in [2.45, 2.75) is 25.5 Å². The van der Waals surface area contributed by atoms with Gasteiger partial charge in [-0.2, -0.15) is 0 Å². The summed E-state index contributed by atoms with van der Waals surface area (Å²) in [5.41, 5.74) is 2.57. The number of ether oxygens (including phenoxy) is 2. The number of amides is 2. The van der Waals surface area contributed by atoms with E-state index in [1.165, 1.54) is 0 Å². The zero-order chi connectivity index (χ0) is 22.2. The van der Waals surface area contributed by atoms with Gasteiger partial charge < -0.3 is 20.1 Å². The maximum absolute atomic E-state index is 12.6. The highest BCUT2D eigenvalue weighted by Crippen LogP contribution is 2.18. The van der Waals surface area contributed by atoms with Crippen LogP contribution in [0.1, 0.15) is 39.1 Å². The molecular formula is C26H26N2O4. The van der Waals surface area contributed by atoms with E-state index in [9.17, 15) is 9.59 Å². The van der Waals surface area contributed by atoms with Crippen LogP contribution in [0, 0.1) is 0 Å². The molecule has 0 bridgehead atoms. The third kappa shape index (κ3) is 5.95. The van der Waals surface area contributed by atoms with Gasteiger partial charge in [0.25, 0.3) is 11.8 Å². The Morgan fingerprint density at radius 3 is 2.47 bits per heavy atom. The Balaban J connectivity index is 1.31. The minimum atomic E-state index is -0.252. The molecule has 6 nitrogen and oxygen atoms in total. The van der Waals surface area contributed by atoms with Gasteiger partial charge in [0.15, 0.2) is 0 Å². The van der Waals surface area contributed by atoms with Crippen molar-refractivity contribution in [3.05, 3.63) is 95.6 Å². The molecule has 0 radical (unpaired) electrons. The summed E-state index contributed by atoms with van der Waals surface area (Å²) in [5.74, 6) is 0.254. The fourth-order valence-electron chi connectivity index (χ4n) is 3.49. The molecule has 0 aromatic heterocycles. The highest BCUT2D eigenvalue weighted by Gasteiger charge is 2.16. The Kier molecular flexibility index (Phi) is 7.15. The fourth-order valence-corrected chi connectivity index (χ4v) is 3.49. The molecule has 0 aliphatic carbocycles. The standard InChI is InChI=1S/C26H26N2O4/c29-25(27-17-19-6-2-1-3-7-19)21-8-4-9-22(16-21)28-26(30)20-11-13-23(14-12-20)32-18-24-10-5-15-31-24/h1-4,6-9,11-14,16,24H,5,10,15,17-18H2,(H,27,29)(H,28,30). The van der Waals surface area contributed by atoms with Crippen LogP contribution in [-0.2, 0) is 11.3 Å². The highest BCUT2D eigenvalue weighted by molar-refractivity contribution is 6.05. The molecular weight excluding hydrogens is 404 g/mol. The predicted octanol–water partition coefficient (Wildman–Crippen LogP) is 4.43. The van der Waals surface area contributed by atoms with E-state index >= 15 is 0 Å². The molecule has 1 atom stereocenters. The third-order valence-electron chi connectivity index (χ3n) is 5.25. The van der Waals surface area contributed by atoms with E-state index in [1.807, 2.05) is 30.3 Å². The molecule has 4 rings (SSSR count). The molecule has 1 fully saturated rings. The zero-order valence-electron chi connectivity index (χ0n) is 17.8. The lowest BCUT2D eigenvalue weighted by Gasteiger charge is -2.12. The first-order chi connectivity index (χ1) is 15.7. The molecule has 1 aliphatic heterocycles. The number of nitrogens with one attached hydrogen (secondary N) is 2. The van der Waals surface area contributed by atoms with Gasteiger partial charge in [-0.25, -0.2) is 0 Å². The number of anilines is 1. The highest BCUT2D eigenvalue weighted by atomic mass is 16.5. The number of carbonyl (C=O) groups is 2. The summed E-state index contributed by atoms with van der Waals surface area (Å²) in [6.45, 7) is 1.76. The molecule has 164 valence electrons. The Morgan fingerprint density at radius 2 is 1.72 bits per heavy atom. The lowest BCUT2D eigenvalue weighted by molar-refractivity contribution is 0.0679. The molecule has 1 heterocycles. The molecule has 32 heavy (non-hydrogen) atoms. The van der Waals surface area contributed by atoms with E-state index < -0.39 is 0 Å². The molecule has 1 saturated heterocycles. The quantitative estimate of drug-likeness (QED) is 0.554. The van der Waals surface area contributed by atoms with E-state index in [2.05, 4.69) is 10.6 Å². The van der Waals surface area contributed by atoms with Crippen molar-refractivity contribution in [2.24, 2.45) is 0 Å². The molecule has 1 aliphatic rings. The van der Waals surface area contributed by atoms with Crippen LogP contribution in [0.3, 0.4) is 0 Å². The third-order valence-corrected chi connectivity index (χ3v) is 5.25. The van der Waals surface area contributed by atoms with Crippen LogP contribution < -0.4 is 15.4 Å². The summed E-state index contributed by atoms with van der Waals surface area (Å²) in [5, 5.41) is 5.74. The summed E-state index contributed by atoms with van der Waals surface area (Å²) >= 11 is 0. The molecule has 6 heteroatoms. The van der Waals surface area contributed by atoms with Gasteiger partial charge in [-0.1, -0.05) is 36.4 Å². The first-order valence-electron chi connectivity index (χ1n) is 10.8. The van der Waals surface area contributed by atoms with Crippen LogP contribution in [-0.4, -0.2) is 31.1 Å². The summed E-state index contributed by atoms with van der Waals surface area (Å²) < 4.78 is 11.3. The van der Waals surface area contributed by atoms with Crippen molar-refractivity contribution in [2.75, 3.05) is 18.5 Å². The van der Waals surface area contributed by atoms with Crippen molar-refractivity contribution in [1.29, 1.82) is 0 Å². The maximum atomic E-state index is 12.6. The van der Waals surface area contributed by atoms with Gasteiger partial charge in [-0.05, 0) is 60.9 Å². The van der Waals surface area contributed by atoms with Gasteiger partial charge in [-0.15, -0.1) is 0 Å². The van der Waals surface area contributed by atoms with Crippen LogP contribution >= 0.6 is 0 Å². The van der Waals surface area contributed by atoms with Gasteiger partial charge in [-0.3, -0.25) is 9.59 Å². The SMILES string of the molecule is O=C(NCc1ccccc1)c1cccc(NC(=O)c2ccc(OCC3CCCO3)cc2)c1. The molecule has 3 aromatic carbocycles. The average Bonchev–Trinajstić information content (AvgIpc) is 3.36. The molecule has 3 aromatic rings. The molecule has 0 spiro atoms. The Bertz CT molecular complexity index is 1040. The van der Waals surface area contributed by atoms with Crippen molar-refractivity contribution in [3.8, 4) is 5.75 Å². The van der Waals surface area contributed by atoms with E-state index in [0.717, 1.165) is 25.0 Å². The lowest BCUT2D eigenvalue weighted by atomic mass is 10.1. The average molecular weight is 431 g/mol. The van der Waals surface area contributed by atoms with Crippen LogP contribution in [0.2, 0.25) is 0 Å². The summed E-state index contributed by atoms with van der Waals surface area (Å²) in [6.07, 6.45) is 2.24. The van der Waals surface area contributed by atoms with E-state index in [4.69, 9.17) is 9.47 Å². The molecule has 1 unspecified atom stereocenters. The number of rotatable bonds is 8. The summed E-state index contributed by atoms with van der Waals surface area (Å²) in [7, 11) is 0. The van der Waals surface area contributed by atoms with Crippen molar-refractivity contribution in [1.82, 2.24) is 5.32 Å². The normalized spacial score (nSPS) is 15.2. The van der Waals surface area contributed by atoms with Crippen molar-refractivity contribution < 1.29 is 19.1 Å². The van der Waals surface area contributed by atoms with E-state index in [-0.39, 0.29) is 17.9 Å².